The van der Waals surface area contributed by atoms with Crippen molar-refractivity contribution in [1.29, 1.82) is 0 Å². The molecule has 116 valence electrons. The van der Waals surface area contributed by atoms with E-state index in [-0.39, 0.29) is 17.5 Å². The van der Waals surface area contributed by atoms with E-state index in [0.29, 0.717) is 5.56 Å². The molecule has 6 heteroatoms. The quantitative estimate of drug-likeness (QED) is 0.886. The molecule has 1 amide bonds. The highest BCUT2D eigenvalue weighted by atomic mass is 32.1. The highest BCUT2D eigenvalue weighted by Gasteiger charge is 2.18. The molecule has 22 heavy (non-hydrogen) atoms. The number of aryl methyl sites for hydroxylation is 2. The van der Waals surface area contributed by atoms with Gasteiger partial charge in [-0.3, -0.25) is 4.79 Å². The van der Waals surface area contributed by atoms with Gasteiger partial charge in [0, 0.05) is 16.6 Å². The van der Waals surface area contributed by atoms with Gasteiger partial charge in [0.15, 0.2) is 0 Å². The van der Waals surface area contributed by atoms with Gasteiger partial charge in [-0.05, 0) is 44.0 Å². The molecule has 2 rings (SSSR count). The highest BCUT2D eigenvalue weighted by Crippen LogP contribution is 2.21. The van der Waals surface area contributed by atoms with Gasteiger partial charge in [0.25, 0.3) is 5.91 Å². The number of nitrogens with one attached hydrogen (secondary N) is 1. The average molecular weight is 318 g/mol. The van der Waals surface area contributed by atoms with E-state index in [1.54, 1.807) is 19.1 Å². The molecule has 0 aliphatic carbocycles. The van der Waals surface area contributed by atoms with Crippen molar-refractivity contribution in [3.05, 3.63) is 51.0 Å². The lowest BCUT2D eigenvalue weighted by atomic mass is 10.1. The maximum Gasteiger partial charge on any atom is 0.335 e. The number of aromatic nitrogens is 1. The molecule has 1 heterocycles. The number of carbonyl (C=O) groups is 2. The van der Waals surface area contributed by atoms with E-state index in [1.807, 2.05) is 19.2 Å². The predicted octanol–water partition coefficient (Wildman–Crippen LogP) is 3.34. The molecule has 0 bridgehead atoms. The van der Waals surface area contributed by atoms with Crippen LogP contribution in [0.4, 0.5) is 0 Å². The van der Waals surface area contributed by atoms with Crippen LogP contribution in [0.15, 0.2) is 23.6 Å². The summed E-state index contributed by atoms with van der Waals surface area (Å²) in [5, 5.41) is 14.8. The minimum atomic E-state index is -1.04. The molecule has 5 nitrogen and oxygen atoms in total. The summed E-state index contributed by atoms with van der Waals surface area (Å²) in [5.41, 5.74) is 2.13. The third kappa shape index (κ3) is 3.71. The summed E-state index contributed by atoms with van der Waals surface area (Å²) in [6, 6.07) is 4.45. The van der Waals surface area contributed by atoms with E-state index in [1.165, 1.54) is 17.4 Å². The number of nitrogens with zero attached hydrogens (tertiary/aromatic N) is 1. The third-order valence-corrected chi connectivity index (χ3v) is 4.31. The van der Waals surface area contributed by atoms with E-state index < -0.39 is 5.97 Å². The van der Waals surface area contributed by atoms with Gasteiger partial charge in [-0.1, -0.05) is 6.92 Å². The summed E-state index contributed by atoms with van der Waals surface area (Å²) in [5.74, 6) is -1.33. The maximum absolute atomic E-state index is 12.4. The van der Waals surface area contributed by atoms with Crippen molar-refractivity contribution in [2.75, 3.05) is 0 Å². The Balaban J connectivity index is 2.22. The number of aromatic carboxylic acids is 1. The lowest BCUT2D eigenvalue weighted by Gasteiger charge is -2.15. The van der Waals surface area contributed by atoms with E-state index in [2.05, 4.69) is 10.3 Å². The normalized spacial score (nSPS) is 12.0. The van der Waals surface area contributed by atoms with Crippen molar-refractivity contribution < 1.29 is 14.7 Å². The first kappa shape index (κ1) is 16.2. The van der Waals surface area contributed by atoms with Gasteiger partial charge in [-0.15, -0.1) is 11.3 Å². The average Bonchev–Trinajstić information content (AvgIpc) is 2.90. The number of hydrogen-bond donors (Lipinski definition) is 2. The lowest BCUT2D eigenvalue weighted by Crippen LogP contribution is -2.28. The Morgan fingerprint density at radius 3 is 2.50 bits per heavy atom. The van der Waals surface area contributed by atoms with Crippen LogP contribution in [0.3, 0.4) is 0 Å². The topological polar surface area (TPSA) is 79.3 Å². The number of hydrogen-bond acceptors (Lipinski definition) is 4. The zero-order valence-electron chi connectivity index (χ0n) is 12.7. The van der Waals surface area contributed by atoms with Crippen molar-refractivity contribution in [2.45, 2.75) is 33.2 Å². The molecule has 0 aliphatic rings. The van der Waals surface area contributed by atoms with Crippen LogP contribution in [0.25, 0.3) is 0 Å². The van der Waals surface area contributed by atoms with E-state index >= 15 is 0 Å². The minimum Gasteiger partial charge on any atom is -0.478 e. The minimum absolute atomic E-state index is 0.114. The SMILES string of the molecule is CCC(NC(=O)c1cc(C)cc(C(=O)O)c1)c1nc(C)cs1. The first-order valence-corrected chi connectivity index (χ1v) is 7.86. The number of amides is 1. The predicted molar refractivity (Wildman–Crippen MR) is 85.5 cm³/mol. The number of benzene rings is 1. The van der Waals surface area contributed by atoms with Crippen molar-refractivity contribution in [3.63, 3.8) is 0 Å². The Labute approximate surface area is 133 Å². The second kappa shape index (κ2) is 6.70. The summed E-state index contributed by atoms with van der Waals surface area (Å²) < 4.78 is 0. The standard InChI is InChI=1S/C16H18N2O3S/c1-4-13(15-17-10(3)8-22-15)18-14(19)11-5-9(2)6-12(7-11)16(20)21/h5-8,13H,4H2,1-3H3,(H,18,19)(H,20,21). The van der Waals surface area contributed by atoms with Crippen LogP contribution in [-0.4, -0.2) is 22.0 Å². The zero-order chi connectivity index (χ0) is 16.3. The fourth-order valence-electron chi connectivity index (χ4n) is 2.15. The van der Waals surface area contributed by atoms with Crippen LogP contribution in [0.1, 0.15) is 56.4 Å². The number of carboxylic acids is 1. The van der Waals surface area contributed by atoms with E-state index in [4.69, 9.17) is 5.11 Å². The number of rotatable bonds is 5. The number of carbonyl (C=O) groups excluding carboxylic acids is 1. The summed E-state index contributed by atoms with van der Waals surface area (Å²) in [7, 11) is 0. The van der Waals surface area contributed by atoms with Gasteiger partial charge in [-0.2, -0.15) is 0 Å². The molecule has 1 aromatic carbocycles. The summed E-state index contributed by atoms with van der Waals surface area (Å²) in [6.07, 6.45) is 0.719. The lowest BCUT2D eigenvalue weighted by molar-refractivity contribution is 0.0696. The molecule has 1 unspecified atom stereocenters. The van der Waals surface area contributed by atoms with Gasteiger partial charge in [0.1, 0.15) is 5.01 Å². The molecule has 2 N–H and O–H groups in total. The molecular weight excluding hydrogens is 300 g/mol. The van der Waals surface area contributed by atoms with E-state index in [0.717, 1.165) is 22.7 Å². The highest BCUT2D eigenvalue weighted by molar-refractivity contribution is 7.09. The van der Waals surface area contributed by atoms with Crippen LogP contribution >= 0.6 is 11.3 Å². The fourth-order valence-corrected chi connectivity index (χ4v) is 3.08. The monoisotopic (exact) mass is 318 g/mol. The molecule has 0 spiro atoms. The van der Waals surface area contributed by atoms with Crippen molar-refractivity contribution in [3.8, 4) is 0 Å². The zero-order valence-corrected chi connectivity index (χ0v) is 13.5. The Hall–Kier alpha value is -2.21. The molecule has 0 saturated heterocycles. The molecule has 0 aliphatic heterocycles. The van der Waals surface area contributed by atoms with Crippen molar-refractivity contribution in [1.82, 2.24) is 10.3 Å². The van der Waals surface area contributed by atoms with Crippen molar-refractivity contribution in [2.24, 2.45) is 0 Å². The Morgan fingerprint density at radius 2 is 1.95 bits per heavy atom. The molecule has 0 fully saturated rings. The molecule has 0 saturated carbocycles. The summed E-state index contributed by atoms with van der Waals surface area (Å²) in [6.45, 7) is 5.65. The molecule has 1 aromatic heterocycles. The Bertz CT molecular complexity index is 709. The summed E-state index contributed by atoms with van der Waals surface area (Å²) in [4.78, 5) is 27.9. The van der Waals surface area contributed by atoms with Gasteiger partial charge in [0.2, 0.25) is 0 Å². The maximum atomic E-state index is 12.4. The van der Waals surface area contributed by atoms with E-state index in [9.17, 15) is 9.59 Å². The number of carboxylic acid groups (broad SMARTS) is 1. The smallest absolute Gasteiger partial charge is 0.335 e. The van der Waals surface area contributed by atoms with Gasteiger partial charge >= 0.3 is 5.97 Å². The largest absolute Gasteiger partial charge is 0.478 e. The van der Waals surface area contributed by atoms with Gasteiger partial charge < -0.3 is 10.4 Å². The van der Waals surface area contributed by atoms with Gasteiger partial charge in [-0.25, -0.2) is 9.78 Å². The third-order valence-electron chi connectivity index (χ3n) is 3.23. The Morgan fingerprint density at radius 1 is 1.27 bits per heavy atom. The first-order valence-electron chi connectivity index (χ1n) is 6.98. The van der Waals surface area contributed by atoms with Crippen LogP contribution in [-0.2, 0) is 0 Å². The van der Waals surface area contributed by atoms with Crippen LogP contribution in [0, 0.1) is 13.8 Å². The molecule has 2 aromatic rings. The van der Waals surface area contributed by atoms with Crippen LogP contribution in [0.2, 0.25) is 0 Å². The van der Waals surface area contributed by atoms with Gasteiger partial charge in [0.05, 0.1) is 11.6 Å². The molecular formula is C16H18N2O3S. The van der Waals surface area contributed by atoms with Crippen LogP contribution < -0.4 is 5.32 Å². The van der Waals surface area contributed by atoms with Crippen molar-refractivity contribution >= 4 is 23.2 Å². The summed E-state index contributed by atoms with van der Waals surface area (Å²) >= 11 is 1.51. The second-order valence-electron chi connectivity index (χ2n) is 5.15. The molecule has 0 radical (unpaired) electrons. The molecule has 1 atom stereocenters. The first-order chi connectivity index (χ1) is 10.4. The van der Waals surface area contributed by atoms with Crippen LogP contribution in [0.5, 0.6) is 0 Å². The number of thiazole rings is 1. The Kier molecular flexibility index (Phi) is 4.92. The fraction of sp³-hybridized carbons (Fsp3) is 0.312. The second-order valence-corrected chi connectivity index (χ2v) is 6.04.